The number of benzene rings is 1. The van der Waals surface area contributed by atoms with Crippen LogP contribution in [0.4, 0.5) is 0 Å². The molecular formula is C22H26N4O6. The normalized spacial score (nSPS) is 26.2. The summed E-state index contributed by atoms with van der Waals surface area (Å²) in [7, 11) is 0. The van der Waals surface area contributed by atoms with Crippen LogP contribution in [0.2, 0.25) is 0 Å². The lowest BCUT2D eigenvalue weighted by atomic mass is 10.1. The Hall–Kier alpha value is -3.18. The number of rotatable bonds is 7. The Morgan fingerprint density at radius 1 is 1.28 bits per heavy atom. The Bertz CT molecular complexity index is 1060. The molecule has 1 fully saturated rings. The summed E-state index contributed by atoms with van der Waals surface area (Å²) < 4.78 is 11.0. The molecule has 1 amide bonds. The Labute approximate surface area is 184 Å². The van der Waals surface area contributed by atoms with Crippen LogP contribution in [-0.4, -0.2) is 69.2 Å². The van der Waals surface area contributed by atoms with E-state index in [9.17, 15) is 19.8 Å². The predicted molar refractivity (Wildman–Crippen MR) is 114 cm³/mol. The molecule has 10 heteroatoms. The predicted octanol–water partition coefficient (Wildman–Crippen LogP) is -0.384. The van der Waals surface area contributed by atoms with Crippen LogP contribution in [-0.2, 0) is 25.5 Å². The minimum absolute atomic E-state index is 0.279. The van der Waals surface area contributed by atoms with Crippen molar-refractivity contribution in [1.29, 1.82) is 0 Å². The standard InChI is InChI=1S/C22H26N4O6/c23-15(8-13-9-25-16-6-2-1-5-14(13)16)22(30)31-11-17-18(27)19(28)21(32-17)26-7-3-4-12(10-26)20(24)29/h1-3,5-7,9-10,15,17-19,21,25,27-28H,4,8,11,23H2,(H2,24,29)/t15-,17+,18+,19+,21+/m0/s1. The number of allylic oxidation sites excluding steroid dienone is 1. The van der Waals surface area contributed by atoms with E-state index in [0.717, 1.165) is 16.5 Å². The van der Waals surface area contributed by atoms with Crippen molar-refractivity contribution >= 4 is 22.8 Å². The number of hydrogen-bond acceptors (Lipinski definition) is 8. The van der Waals surface area contributed by atoms with Crippen LogP contribution in [0.25, 0.3) is 10.9 Å². The van der Waals surface area contributed by atoms with Crippen LogP contribution in [0.1, 0.15) is 12.0 Å². The van der Waals surface area contributed by atoms with Crippen molar-refractivity contribution < 1.29 is 29.3 Å². The van der Waals surface area contributed by atoms with E-state index >= 15 is 0 Å². The van der Waals surface area contributed by atoms with Gasteiger partial charge in [-0.1, -0.05) is 24.3 Å². The van der Waals surface area contributed by atoms with Gasteiger partial charge in [0.15, 0.2) is 6.23 Å². The lowest BCUT2D eigenvalue weighted by molar-refractivity contribution is -0.152. The molecule has 2 aliphatic heterocycles. The number of nitrogens with two attached hydrogens (primary N) is 2. The molecular weight excluding hydrogens is 416 g/mol. The highest BCUT2D eigenvalue weighted by Gasteiger charge is 2.45. The third kappa shape index (κ3) is 4.39. The lowest BCUT2D eigenvalue weighted by Crippen LogP contribution is -2.40. The quantitative estimate of drug-likeness (QED) is 0.362. The number of amides is 1. The van der Waals surface area contributed by atoms with Gasteiger partial charge in [-0.3, -0.25) is 9.59 Å². The first kappa shape index (κ1) is 22.0. The molecule has 7 N–H and O–H groups in total. The van der Waals surface area contributed by atoms with Gasteiger partial charge in [0.25, 0.3) is 0 Å². The number of carbonyl (C=O) groups excluding carboxylic acids is 2. The zero-order valence-corrected chi connectivity index (χ0v) is 17.3. The van der Waals surface area contributed by atoms with Gasteiger partial charge in [0.2, 0.25) is 5.91 Å². The van der Waals surface area contributed by atoms with Crippen LogP contribution in [0.15, 0.2) is 54.5 Å². The van der Waals surface area contributed by atoms with Crippen molar-refractivity contribution in [1.82, 2.24) is 9.88 Å². The molecule has 1 saturated heterocycles. The Kier molecular flexibility index (Phi) is 6.28. The summed E-state index contributed by atoms with van der Waals surface area (Å²) in [5.41, 5.74) is 13.5. The fourth-order valence-corrected chi connectivity index (χ4v) is 3.90. The lowest BCUT2D eigenvalue weighted by Gasteiger charge is -2.28. The van der Waals surface area contributed by atoms with Crippen molar-refractivity contribution in [2.75, 3.05) is 6.61 Å². The van der Waals surface area contributed by atoms with E-state index in [-0.39, 0.29) is 13.0 Å². The summed E-state index contributed by atoms with van der Waals surface area (Å²) in [5.74, 6) is -1.22. The summed E-state index contributed by atoms with van der Waals surface area (Å²) in [6.45, 7) is -0.279. The minimum Gasteiger partial charge on any atom is -0.462 e. The van der Waals surface area contributed by atoms with Crippen LogP contribution in [0.5, 0.6) is 0 Å². The highest BCUT2D eigenvalue weighted by atomic mass is 16.6. The first-order chi connectivity index (χ1) is 15.3. The molecule has 0 bridgehead atoms. The van der Waals surface area contributed by atoms with Crippen LogP contribution < -0.4 is 11.5 Å². The van der Waals surface area contributed by atoms with Gasteiger partial charge >= 0.3 is 5.97 Å². The zero-order valence-electron chi connectivity index (χ0n) is 17.3. The number of aliphatic hydroxyl groups excluding tert-OH is 2. The maximum Gasteiger partial charge on any atom is 0.323 e. The van der Waals surface area contributed by atoms with E-state index in [4.69, 9.17) is 20.9 Å². The van der Waals surface area contributed by atoms with Crippen LogP contribution in [0, 0.1) is 0 Å². The number of primary amides is 1. The second-order valence-corrected chi connectivity index (χ2v) is 7.90. The van der Waals surface area contributed by atoms with Crippen LogP contribution >= 0.6 is 0 Å². The maximum absolute atomic E-state index is 12.4. The molecule has 32 heavy (non-hydrogen) atoms. The first-order valence-corrected chi connectivity index (χ1v) is 10.3. The Balaban J connectivity index is 1.34. The number of hydrogen-bond donors (Lipinski definition) is 5. The molecule has 1 aromatic heterocycles. The maximum atomic E-state index is 12.4. The molecule has 10 nitrogen and oxygen atoms in total. The Morgan fingerprint density at radius 2 is 2.06 bits per heavy atom. The molecule has 5 atom stereocenters. The van der Waals surface area contributed by atoms with E-state index in [0.29, 0.717) is 12.0 Å². The van der Waals surface area contributed by atoms with Gasteiger partial charge in [0.05, 0.1) is 0 Å². The number of nitrogens with one attached hydrogen (secondary N) is 1. The number of ether oxygens (including phenoxy) is 2. The highest BCUT2D eigenvalue weighted by Crippen LogP contribution is 2.27. The van der Waals surface area contributed by atoms with Gasteiger partial charge in [-0.25, -0.2) is 0 Å². The number of esters is 1. The molecule has 1 aromatic carbocycles. The van der Waals surface area contributed by atoms with Crippen molar-refractivity contribution in [2.24, 2.45) is 11.5 Å². The third-order valence-corrected chi connectivity index (χ3v) is 5.68. The molecule has 4 rings (SSSR count). The molecule has 2 aromatic rings. The smallest absolute Gasteiger partial charge is 0.323 e. The molecule has 2 aliphatic rings. The SMILES string of the molecule is NC(=O)C1=CN([C@@H]2O[C@H](COC(=O)[C@@H](N)Cc3c[nH]c4ccccc34)[C@@H](O)[C@H]2O)C=CC1. The van der Waals surface area contributed by atoms with Crippen molar-refractivity contribution in [2.45, 2.75) is 43.4 Å². The van der Waals surface area contributed by atoms with Gasteiger partial charge in [-0.15, -0.1) is 0 Å². The van der Waals surface area contributed by atoms with E-state index in [1.165, 1.54) is 11.1 Å². The van der Waals surface area contributed by atoms with Gasteiger partial charge in [0.1, 0.15) is 31.0 Å². The molecule has 0 unspecified atom stereocenters. The third-order valence-electron chi connectivity index (χ3n) is 5.68. The molecule has 0 saturated carbocycles. The summed E-state index contributed by atoms with van der Waals surface area (Å²) in [4.78, 5) is 28.4. The van der Waals surface area contributed by atoms with Crippen molar-refractivity contribution in [3.63, 3.8) is 0 Å². The largest absolute Gasteiger partial charge is 0.462 e. The minimum atomic E-state index is -1.29. The van der Waals surface area contributed by atoms with E-state index in [1.54, 1.807) is 12.3 Å². The number of aliphatic hydroxyl groups is 2. The number of nitrogens with zero attached hydrogens (tertiary/aromatic N) is 1. The molecule has 0 spiro atoms. The summed E-state index contributed by atoms with van der Waals surface area (Å²) in [6, 6.07) is 6.79. The molecule has 0 radical (unpaired) electrons. The average Bonchev–Trinajstić information content (AvgIpc) is 3.33. The second-order valence-electron chi connectivity index (χ2n) is 7.90. The van der Waals surface area contributed by atoms with Gasteiger partial charge in [-0.05, 0) is 18.1 Å². The van der Waals surface area contributed by atoms with E-state index in [2.05, 4.69) is 4.98 Å². The number of para-hydroxylation sites is 1. The van der Waals surface area contributed by atoms with E-state index in [1.807, 2.05) is 30.5 Å². The first-order valence-electron chi connectivity index (χ1n) is 10.3. The number of fused-ring (bicyclic) bond motifs is 1. The summed E-state index contributed by atoms with van der Waals surface area (Å²) >= 11 is 0. The van der Waals surface area contributed by atoms with Gasteiger partial charge < -0.3 is 41.0 Å². The van der Waals surface area contributed by atoms with Gasteiger partial charge in [0, 0.05) is 41.5 Å². The van der Waals surface area contributed by atoms with Crippen LogP contribution in [0.3, 0.4) is 0 Å². The highest BCUT2D eigenvalue weighted by molar-refractivity contribution is 5.92. The van der Waals surface area contributed by atoms with Gasteiger partial charge in [-0.2, -0.15) is 0 Å². The number of aromatic amines is 1. The number of H-pyrrole nitrogens is 1. The topological polar surface area (TPSA) is 164 Å². The molecule has 0 aliphatic carbocycles. The fourth-order valence-electron chi connectivity index (χ4n) is 3.90. The van der Waals surface area contributed by atoms with E-state index < -0.39 is 42.5 Å². The number of aromatic nitrogens is 1. The summed E-state index contributed by atoms with van der Waals surface area (Å²) in [6.07, 6.45) is 2.74. The summed E-state index contributed by atoms with van der Waals surface area (Å²) in [5, 5.41) is 21.7. The Morgan fingerprint density at radius 3 is 2.84 bits per heavy atom. The monoisotopic (exact) mass is 442 g/mol. The molecule has 3 heterocycles. The average molecular weight is 442 g/mol. The number of carbonyl (C=O) groups is 2. The van der Waals surface area contributed by atoms with Crippen molar-refractivity contribution in [3.8, 4) is 0 Å². The molecule has 170 valence electrons. The zero-order chi connectivity index (χ0) is 22.8. The van der Waals surface area contributed by atoms with Crippen molar-refractivity contribution in [3.05, 3.63) is 60.1 Å². The second kappa shape index (κ2) is 9.13. The fraction of sp³-hybridized carbons (Fsp3) is 0.364.